The second kappa shape index (κ2) is 5.80. The van der Waals surface area contributed by atoms with Crippen LogP contribution in [0.25, 0.3) is 0 Å². The Labute approximate surface area is 107 Å². The van der Waals surface area contributed by atoms with E-state index in [0.717, 1.165) is 23.4 Å². The number of allylic oxidation sites excluding steroid dienone is 2. The van der Waals surface area contributed by atoms with Gasteiger partial charge in [0.1, 0.15) is 17.6 Å². The molecule has 4 nitrogen and oxygen atoms in total. The molecule has 1 aromatic rings. The van der Waals surface area contributed by atoms with Crippen LogP contribution < -0.4 is 0 Å². The maximum Gasteiger partial charge on any atom is 0.184 e. The third kappa shape index (κ3) is 2.78. The molecule has 2 rings (SSSR count). The standard InChI is InChI=1S/C14H17NO3/c1-4-6-11(5-2)14-16-8-7-13(17-14)12-9-10(3)18-15-12/h4-6,9,13-14H,1-2,7-8H2,3H3/b11-6+/t13-,14?/m0/s1. The summed E-state index contributed by atoms with van der Waals surface area (Å²) in [6.45, 7) is 9.88. The van der Waals surface area contributed by atoms with Gasteiger partial charge in [-0.25, -0.2) is 0 Å². The quantitative estimate of drug-likeness (QED) is 0.767. The van der Waals surface area contributed by atoms with Crippen LogP contribution in [0.15, 0.2) is 47.5 Å². The zero-order valence-electron chi connectivity index (χ0n) is 10.5. The van der Waals surface area contributed by atoms with Crippen LogP contribution >= 0.6 is 0 Å². The van der Waals surface area contributed by atoms with E-state index in [1.807, 2.05) is 19.1 Å². The Kier molecular flexibility index (Phi) is 4.12. The summed E-state index contributed by atoms with van der Waals surface area (Å²) in [5.74, 6) is 0.780. The van der Waals surface area contributed by atoms with Gasteiger partial charge in [0.05, 0.1) is 6.61 Å². The third-order valence-corrected chi connectivity index (χ3v) is 2.73. The SMILES string of the molecule is C=C/C=C(\C=C)C1OCC[C@@H](c2cc(C)on2)O1. The Bertz CT molecular complexity index is 461. The van der Waals surface area contributed by atoms with Crippen molar-refractivity contribution < 1.29 is 14.0 Å². The molecule has 96 valence electrons. The second-order valence-electron chi connectivity index (χ2n) is 4.09. The third-order valence-electron chi connectivity index (χ3n) is 2.73. The summed E-state index contributed by atoms with van der Waals surface area (Å²) in [6.07, 6.45) is 5.47. The molecule has 1 aliphatic rings. The fourth-order valence-electron chi connectivity index (χ4n) is 1.85. The molecule has 1 saturated heterocycles. The topological polar surface area (TPSA) is 44.5 Å². The van der Waals surface area contributed by atoms with Gasteiger partial charge in [0.2, 0.25) is 0 Å². The van der Waals surface area contributed by atoms with Gasteiger partial charge in [-0.1, -0.05) is 36.5 Å². The number of aryl methyl sites for hydroxylation is 1. The highest BCUT2D eigenvalue weighted by atomic mass is 16.7. The molecular formula is C14H17NO3. The van der Waals surface area contributed by atoms with E-state index in [-0.39, 0.29) is 6.10 Å². The summed E-state index contributed by atoms with van der Waals surface area (Å²) >= 11 is 0. The minimum atomic E-state index is -0.420. The van der Waals surface area contributed by atoms with Crippen LogP contribution in [0.3, 0.4) is 0 Å². The molecule has 0 radical (unpaired) electrons. The fourth-order valence-corrected chi connectivity index (χ4v) is 1.85. The fraction of sp³-hybridized carbons (Fsp3) is 0.357. The maximum absolute atomic E-state index is 5.86. The molecule has 0 bridgehead atoms. The first-order valence-corrected chi connectivity index (χ1v) is 5.90. The van der Waals surface area contributed by atoms with Gasteiger partial charge in [-0.15, -0.1) is 0 Å². The molecule has 2 atom stereocenters. The van der Waals surface area contributed by atoms with Crippen molar-refractivity contribution in [2.24, 2.45) is 0 Å². The Morgan fingerprint density at radius 2 is 2.33 bits per heavy atom. The highest BCUT2D eigenvalue weighted by Gasteiger charge is 2.27. The largest absolute Gasteiger partial charge is 0.361 e. The molecule has 2 heterocycles. The van der Waals surface area contributed by atoms with E-state index in [1.165, 1.54) is 0 Å². The predicted molar refractivity (Wildman–Crippen MR) is 67.9 cm³/mol. The molecule has 0 aliphatic carbocycles. The zero-order valence-corrected chi connectivity index (χ0v) is 10.5. The normalized spacial score (nSPS) is 24.8. The number of hydrogen-bond acceptors (Lipinski definition) is 4. The monoisotopic (exact) mass is 247 g/mol. The van der Waals surface area contributed by atoms with Crippen LogP contribution in [0.1, 0.15) is 24.0 Å². The Morgan fingerprint density at radius 1 is 1.50 bits per heavy atom. The van der Waals surface area contributed by atoms with Gasteiger partial charge < -0.3 is 14.0 Å². The Hall–Kier alpha value is -1.65. The number of aromatic nitrogens is 1. The van der Waals surface area contributed by atoms with E-state index in [2.05, 4.69) is 18.3 Å². The lowest BCUT2D eigenvalue weighted by molar-refractivity contribution is -0.194. The van der Waals surface area contributed by atoms with Crippen molar-refractivity contribution in [3.05, 3.63) is 54.5 Å². The average Bonchev–Trinajstić information content (AvgIpc) is 2.83. The molecule has 0 N–H and O–H groups in total. The van der Waals surface area contributed by atoms with Crippen molar-refractivity contribution in [1.29, 1.82) is 0 Å². The number of nitrogens with zero attached hydrogens (tertiary/aromatic N) is 1. The van der Waals surface area contributed by atoms with E-state index in [4.69, 9.17) is 14.0 Å². The molecule has 0 saturated carbocycles. The Balaban J connectivity index is 2.11. The van der Waals surface area contributed by atoms with Crippen LogP contribution in [-0.2, 0) is 9.47 Å². The van der Waals surface area contributed by atoms with Crippen molar-refractivity contribution in [3.8, 4) is 0 Å². The van der Waals surface area contributed by atoms with E-state index < -0.39 is 6.29 Å². The van der Waals surface area contributed by atoms with Gasteiger partial charge in [-0.05, 0) is 6.92 Å². The van der Waals surface area contributed by atoms with E-state index in [9.17, 15) is 0 Å². The summed E-state index contributed by atoms with van der Waals surface area (Å²) in [5.41, 5.74) is 1.66. The lowest BCUT2D eigenvalue weighted by Crippen LogP contribution is -2.28. The molecule has 0 spiro atoms. The molecule has 0 aromatic carbocycles. The van der Waals surface area contributed by atoms with Gasteiger partial charge in [0.25, 0.3) is 0 Å². The molecule has 1 aromatic heterocycles. The van der Waals surface area contributed by atoms with Crippen molar-refractivity contribution in [2.45, 2.75) is 25.7 Å². The van der Waals surface area contributed by atoms with Crippen LogP contribution in [0.5, 0.6) is 0 Å². The van der Waals surface area contributed by atoms with Crippen LogP contribution in [0.2, 0.25) is 0 Å². The lowest BCUT2D eigenvalue weighted by atomic mass is 10.1. The van der Waals surface area contributed by atoms with E-state index >= 15 is 0 Å². The maximum atomic E-state index is 5.86. The first kappa shape index (κ1) is 12.8. The lowest BCUT2D eigenvalue weighted by Gasteiger charge is -2.29. The van der Waals surface area contributed by atoms with Gasteiger partial charge in [-0.3, -0.25) is 0 Å². The summed E-state index contributed by atoms with van der Waals surface area (Å²) < 4.78 is 16.5. The second-order valence-corrected chi connectivity index (χ2v) is 4.09. The highest BCUT2D eigenvalue weighted by molar-refractivity contribution is 5.24. The smallest absolute Gasteiger partial charge is 0.184 e. The van der Waals surface area contributed by atoms with Gasteiger partial charge in [0.15, 0.2) is 6.29 Å². The molecule has 1 unspecified atom stereocenters. The first-order valence-electron chi connectivity index (χ1n) is 5.90. The molecule has 4 heteroatoms. The average molecular weight is 247 g/mol. The number of rotatable bonds is 4. The van der Waals surface area contributed by atoms with Crippen LogP contribution in [0.4, 0.5) is 0 Å². The summed E-state index contributed by atoms with van der Waals surface area (Å²) in [7, 11) is 0. The molecule has 1 aliphatic heterocycles. The predicted octanol–water partition coefficient (Wildman–Crippen LogP) is 3.09. The van der Waals surface area contributed by atoms with Gasteiger partial charge >= 0.3 is 0 Å². The van der Waals surface area contributed by atoms with Crippen molar-refractivity contribution in [3.63, 3.8) is 0 Å². The summed E-state index contributed by atoms with van der Waals surface area (Å²) in [6, 6.07) is 1.89. The minimum Gasteiger partial charge on any atom is -0.361 e. The summed E-state index contributed by atoms with van der Waals surface area (Å²) in [4.78, 5) is 0. The van der Waals surface area contributed by atoms with Crippen molar-refractivity contribution >= 4 is 0 Å². The molecule has 1 fully saturated rings. The zero-order chi connectivity index (χ0) is 13.0. The van der Waals surface area contributed by atoms with Crippen molar-refractivity contribution in [2.75, 3.05) is 6.61 Å². The molecule has 0 amide bonds. The van der Waals surface area contributed by atoms with E-state index in [0.29, 0.717) is 6.61 Å². The van der Waals surface area contributed by atoms with Gasteiger partial charge in [-0.2, -0.15) is 0 Å². The van der Waals surface area contributed by atoms with E-state index in [1.54, 1.807) is 12.2 Å². The van der Waals surface area contributed by atoms with Crippen molar-refractivity contribution in [1.82, 2.24) is 5.16 Å². The molecular weight excluding hydrogens is 230 g/mol. The Morgan fingerprint density at radius 3 is 2.94 bits per heavy atom. The minimum absolute atomic E-state index is 0.102. The number of ether oxygens (including phenoxy) is 2. The van der Waals surface area contributed by atoms with Crippen LogP contribution in [0, 0.1) is 6.92 Å². The summed E-state index contributed by atoms with van der Waals surface area (Å²) in [5, 5.41) is 3.98. The van der Waals surface area contributed by atoms with Crippen LogP contribution in [-0.4, -0.2) is 18.1 Å². The molecule has 18 heavy (non-hydrogen) atoms. The number of hydrogen-bond donors (Lipinski definition) is 0. The first-order chi connectivity index (χ1) is 8.74. The highest BCUT2D eigenvalue weighted by Crippen LogP contribution is 2.29. The van der Waals surface area contributed by atoms with Gasteiger partial charge in [0, 0.05) is 18.1 Å².